The molecule has 32 heavy (non-hydrogen) atoms. The van der Waals surface area contributed by atoms with Crippen LogP contribution in [0.3, 0.4) is 0 Å². The molecule has 2 unspecified atom stereocenters. The third kappa shape index (κ3) is 5.29. The van der Waals surface area contributed by atoms with E-state index in [4.69, 9.17) is 27.9 Å². The summed E-state index contributed by atoms with van der Waals surface area (Å²) < 4.78 is 7.34. The molecule has 0 spiro atoms. The molecule has 1 aromatic heterocycles. The topological polar surface area (TPSA) is 73.2 Å². The fourth-order valence-corrected chi connectivity index (χ4v) is 5.04. The van der Waals surface area contributed by atoms with Gasteiger partial charge >= 0.3 is 0 Å². The van der Waals surface area contributed by atoms with Crippen LogP contribution >= 0.6 is 35.0 Å². The van der Waals surface area contributed by atoms with Gasteiger partial charge in [0.2, 0.25) is 5.91 Å². The van der Waals surface area contributed by atoms with Crippen LogP contribution in [0.25, 0.3) is 10.9 Å². The Morgan fingerprint density at radius 1 is 1.31 bits per heavy atom. The van der Waals surface area contributed by atoms with Crippen LogP contribution in [0.4, 0.5) is 0 Å². The van der Waals surface area contributed by atoms with Crippen molar-refractivity contribution in [1.29, 1.82) is 0 Å². The molecule has 0 bridgehead atoms. The highest BCUT2D eigenvalue weighted by molar-refractivity contribution is 7.99. The Morgan fingerprint density at radius 3 is 2.88 bits per heavy atom. The minimum Gasteiger partial charge on any atom is -0.376 e. The molecule has 2 aromatic carbocycles. The van der Waals surface area contributed by atoms with Crippen LogP contribution in [0, 0.1) is 0 Å². The van der Waals surface area contributed by atoms with E-state index in [-0.39, 0.29) is 29.4 Å². The molecule has 1 aliphatic rings. The highest BCUT2D eigenvalue weighted by atomic mass is 35.5. The van der Waals surface area contributed by atoms with Crippen LogP contribution in [0.1, 0.15) is 31.4 Å². The van der Waals surface area contributed by atoms with Gasteiger partial charge in [-0.1, -0.05) is 53.2 Å². The monoisotopic (exact) mass is 491 g/mol. The summed E-state index contributed by atoms with van der Waals surface area (Å²) in [4.78, 5) is 30.5. The van der Waals surface area contributed by atoms with E-state index in [1.54, 1.807) is 28.8 Å². The lowest BCUT2D eigenvalue weighted by molar-refractivity contribution is -0.119. The molecule has 0 saturated carbocycles. The van der Waals surface area contributed by atoms with E-state index in [0.717, 1.165) is 18.4 Å². The summed E-state index contributed by atoms with van der Waals surface area (Å²) in [5, 5.41) is 5.03. The fraction of sp³-hybridized carbons (Fsp3) is 0.348. The molecule has 4 rings (SSSR count). The first-order chi connectivity index (χ1) is 15.4. The number of hydrogen-bond donors (Lipinski definition) is 1. The summed E-state index contributed by atoms with van der Waals surface area (Å²) in [6.07, 6.45) is 1.83. The maximum Gasteiger partial charge on any atom is 0.262 e. The van der Waals surface area contributed by atoms with Gasteiger partial charge in [0.1, 0.15) is 0 Å². The van der Waals surface area contributed by atoms with E-state index in [1.807, 2.05) is 25.1 Å². The minimum absolute atomic E-state index is 0.0346. The molecule has 2 heterocycles. The number of nitrogens with one attached hydrogen (secondary N) is 1. The summed E-state index contributed by atoms with van der Waals surface area (Å²) in [5.41, 5.74) is 1.20. The number of rotatable bonds is 7. The van der Waals surface area contributed by atoms with Crippen molar-refractivity contribution in [1.82, 2.24) is 14.9 Å². The second-order valence-electron chi connectivity index (χ2n) is 7.71. The van der Waals surface area contributed by atoms with Crippen LogP contribution in [-0.2, 0) is 16.1 Å². The Morgan fingerprint density at radius 2 is 2.12 bits per heavy atom. The molecule has 1 amide bonds. The SMILES string of the molecule is CC(NC(=O)CSc1nc2cc(Cl)ccc2c(=O)n1CC1CCCO1)c1ccccc1Cl. The highest BCUT2D eigenvalue weighted by Gasteiger charge is 2.21. The fourth-order valence-electron chi connectivity index (χ4n) is 3.75. The predicted octanol–water partition coefficient (Wildman–Crippen LogP) is 4.85. The van der Waals surface area contributed by atoms with E-state index >= 15 is 0 Å². The van der Waals surface area contributed by atoms with E-state index in [9.17, 15) is 9.59 Å². The van der Waals surface area contributed by atoms with Gasteiger partial charge in [0.15, 0.2) is 5.16 Å². The third-order valence-corrected chi connectivity index (χ3v) is 6.93. The normalized spacial score (nSPS) is 16.9. The summed E-state index contributed by atoms with van der Waals surface area (Å²) in [5.74, 6) is -0.0646. The van der Waals surface area contributed by atoms with Crippen molar-refractivity contribution >= 4 is 51.8 Å². The average Bonchev–Trinajstić information content (AvgIpc) is 3.28. The van der Waals surface area contributed by atoms with Gasteiger partial charge in [0.25, 0.3) is 5.56 Å². The predicted molar refractivity (Wildman–Crippen MR) is 129 cm³/mol. The lowest BCUT2D eigenvalue weighted by atomic mass is 10.1. The second-order valence-corrected chi connectivity index (χ2v) is 9.49. The first kappa shape index (κ1) is 23.1. The molecule has 1 fully saturated rings. The number of hydrogen-bond acceptors (Lipinski definition) is 5. The van der Waals surface area contributed by atoms with Gasteiger partial charge in [-0.15, -0.1) is 0 Å². The van der Waals surface area contributed by atoms with Crippen molar-refractivity contribution < 1.29 is 9.53 Å². The number of benzene rings is 2. The second kappa shape index (κ2) is 10.3. The number of carbonyl (C=O) groups is 1. The van der Waals surface area contributed by atoms with E-state index in [2.05, 4.69) is 10.3 Å². The van der Waals surface area contributed by atoms with Gasteiger partial charge < -0.3 is 10.1 Å². The van der Waals surface area contributed by atoms with Crippen molar-refractivity contribution in [2.75, 3.05) is 12.4 Å². The standard InChI is InChI=1S/C23H23Cl2N3O3S/c1-14(17-6-2-3-7-19(17)25)26-21(29)13-32-23-27-20-11-15(24)8-9-18(20)22(30)28(23)12-16-5-4-10-31-16/h2-3,6-9,11,14,16H,4-5,10,12-13H2,1H3,(H,26,29). The summed E-state index contributed by atoms with van der Waals surface area (Å²) >= 11 is 13.6. The zero-order valence-electron chi connectivity index (χ0n) is 17.5. The van der Waals surface area contributed by atoms with Crippen molar-refractivity contribution in [3.05, 3.63) is 68.4 Å². The number of thioether (sulfide) groups is 1. The Bertz CT molecular complexity index is 1190. The van der Waals surface area contributed by atoms with Gasteiger partial charge in [-0.25, -0.2) is 4.98 Å². The van der Waals surface area contributed by atoms with Crippen LogP contribution in [-0.4, -0.2) is 33.9 Å². The number of halogens is 2. The molecule has 1 saturated heterocycles. The first-order valence-corrected chi connectivity index (χ1v) is 12.1. The molecule has 1 N–H and O–H groups in total. The molecule has 0 radical (unpaired) electrons. The van der Waals surface area contributed by atoms with Gasteiger partial charge in [0, 0.05) is 16.7 Å². The van der Waals surface area contributed by atoms with Gasteiger partial charge in [0.05, 0.1) is 35.3 Å². The zero-order valence-corrected chi connectivity index (χ0v) is 19.8. The molecule has 9 heteroatoms. The Labute approximate surface area is 200 Å². The number of nitrogens with zero attached hydrogens (tertiary/aromatic N) is 2. The van der Waals surface area contributed by atoms with E-state index < -0.39 is 0 Å². The quantitative estimate of drug-likeness (QED) is 0.377. The molecule has 2 atom stereocenters. The van der Waals surface area contributed by atoms with Crippen molar-refractivity contribution in [2.45, 2.75) is 43.6 Å². The minimum atomic E-state index is -0.241. The number of aromatic nitrogens is 2. The largest absolute Gasteiger partial charge is 0.376 e. The number of carbonyl (C=O) groups excluding carboxylic acids is 1. The Kier molecular flexibility index (Phi) is 7.40. The highest BCUT2D eigenvalue weighted by Crippen LogP contribution is 2.24. The Hall–Kier alpha value is -2.06. The Balaban J connectivity index is 1.54. The van der Waals surface area contributed by atoms with Crippen molar-refractivity contribution in [2.24, 2.45) is 0 Å². The third-order valence-electron chi connectivity index (χ3n) is 5.37. The summed E-state index contributed by atoms with van der Waals surface area (Å²) in [7, 11) is 0. The van der Waals surface area contributed by atoms with Crippen molar-refractivity contribution in [3.8, 4) is 0 Å². The van der Waals surface area contributed by atoms with Gasteiger partial charge in [-0.05, 0) is 49.6 Å². The van der Waals surface area contributed by atoms with Crippen LogP contribution in [0.15, 0.2) is 52.4 Å². The van der Waals surface area contributed by atoms with Crippen LogP contribution in [0.5, 0.6) is 0 Å². The maximum absolute atomic E-state index is 13.2. The average molecular weight is 492 g/mol. The molecule has 168 valence electrons. The lowest BCUT2D eigenvalue weighted by Crippen LogP contribution is -2.31. The van der Waals surface area contributed by atoms with Crippen LogP contribution in [0.2, 0.25) is 10.0 Å². The first-order valence-electron chi connectivity index (χ1n) is 10.4. The van der Waals surface area contributed by atoms with E-state index in [0.29, 0.717) is 39.3 Å². The van der Waals surface area contributed by atoms with Crippen LogP contribution < -0.4 is 10.9 Å². The molecular formula is C23H23Cl2N3O3S. The summed E-state index contributed by atoms with van der Waals surface area (Å²) in [6.45, 7) is 2.98. The smallest absolute Gasteiger partial charge is 0.262 e. The lowest BCUT2D eigenvalue weighted by Gasteiger charge is -2.18. The number of ether oxygens (including phenoxy) is 1. The number of amides is 1. The summed E-state index contributed by atoms with van der Waals surface area (Å²) in [6, 6.07) is 12.2. The molecule has 6 nitrogen and oxygen atoms in total. The molecule has 3 aromatic rings. The van der Waals surface area contributed by atoms with Crippen molar-refractivity contribution in [3.63, 3.8) is 0 Å². The van der Waals surface area contributed by atoms with Gasteiger partial charge in [-0.3, -0.25) is 14.2 Å². The van der Waals surface area contributed by atoms with E-state index in [1.165, 1.54) is 11.8 Å². The molecule has 0 aliphatic carbocycles. The number of fused-ring (bicyclic) bond motifs is 1. The zero-order chi connectivity index (χ0) is 22.7. The van der Waals surface area contributed by atoms with Gasteiger partial charge in [-0.2, -0.15) is 0 Å². The molecular weight excluding hydrogens is 469 g/mol. The molecule has 1 aliphatic heterocycles. The maximum atomic E-state index is 13.2.